The minimum absolute atomic E-state index is 0.0476. The normalized spacial score (nSPS) is 12.4. The number of nitrogens with one attached hydrogen (secondary N) is 1. The van der Waals surface area contributed by atoms with E-state index in [1.807, 2.05) is 6.92 Å². The van der Waals surface area contributed by atoms with E-state index in [-0.39, 0.29) is 26.3 Å². The second-order valence-electron chi connectivity index (χ2n) is 9.47. The van der Waals surface area contributed by atoms with Crippen LogP contribution in [-0.2, 0) is 9.53 Å². The molecule has 3 rings (SSSR count). The van der Waals surface area contributed by atoms with Crippen LogP contribution in [0, 0.1) is 5.82 Å². The summed E-state index contributed by atoms with van der Waals surface area (Å²) in [5.74, 6) is -2.02. The average molecular weight is 608 g/mol. The van der Waals surface area contributed by atoms with Crippen LogP contribution in [0.1, 0.15) is 86.9 Å². The lowest BCUT2D eigenvalue weighted by molar-refractivity contribution is -0.132. The molecule has 0 spiro atoms. The quantitative estimate of drug-likeness (QED) is 0.141. The SMILES string of the molecule is CCCCCCCCOC(C)c1cccc(-c2csc(NC(=O)c3cc(Cl)c(/C=C(\C)C(=O)O)c(Cl)c3)n2)c1F. The number of carbonyl (C=O) groups excluding carboxylic acids is 1. The molecule has 1 aromatic heterocycles. The van der Waals surface area contributed by atoms with Crippen LogP contribution in [-0.4, -0.2) is 28.6 Å². The van der Waals surface area contributed by atoms with Crippen molar-refractivity contribution in [3.05, 3.63) is 73.8 Å². The third-order valence-electron chi connectivity index (χ3n) is 6.37. The highest BCUT2D eigenvalue weighted by Gasteiger charge is 2.19. The summed E-state index contributed by atoms with van der Waals surface area (Å²) < 4.78 is 21.4. The molecule has 2 N–H and O–H groups in total. The Kier molecular flexibility index (Phi) is 12.1. The number of hydrogen-bond donors (Lipinski definition) is 2. The molecule has 40 heavy (non-hydrogen) atoms. The summed E-state index contributed by atoms with van der Waals surface area (Å²) in [7, 11) is 0. The van der Waals surface area contributed by atoms with Crippen molar-refractivity contribution in [2.24, 2.45) is 0 Å². The van der Waals surface area contributed by atoms with Crippen LogP contribution in [0.15, 0.2) is 41.3 Å². The Morgan fingerprint density at radius 2 is 1.82 bits per heavy atom. The Hall–Kier alpha value is -2.78. The van der Waals surface area contributed by atoms with Crippen molar-refractivity contribution in [3.63, 3.8) is 0 Å². The Bertz CT molecular complexity index is 1350. The number of carboxylic acid groups (broad SMARTS) is 1. The fraction of sp³-hybridized carbons (Fsp3) is 0.367. The van der Waals surface area contributed by atoms with Crippen molar-refractivity contribution in [1.29, 1.82) is 0 Å². The van der Waals surface area contributed by atoms with Gasteiger partial charge in [0.15, 0.2) is 5.13 Å². The van der Waals surface area contributed by atoms with Gasteiger partial charge in [0.05, 0.1) is 21.8 Å². The van der Waals surface area contributed by atoms with Gasteiger partial charge >= 0.3 is 5.97 Å². The van der Waals surface area contributed by atoms with Crippen molar-refractivity contribution in [3.8, 4) is 11.3 Å². The average Bonchev–Trinajstić information content (AvgIpc) is 3.37. The van der Waals surface area contributed by atoms with Crippen LogP contribution in [0.3, 0.4) is 0 Å². The molecule has 1 amide bonds. The van der Waals surface area contributed by atoms with Gasteiger partial charge in [0, 0.05) is 39.8 Å². The van der Waals surface area contributed by atoms with Gasteiger partial charge in [-0.2, -0.15) is 0 Å². The molecular weight excluding hydrogens is 574 g/mol. The molecule has 0 fully saturated rings. The van der Waals surface area contributed by atoms with Crippen molar-refractivity contribution in [2.75, 3.05) is 11.9 Å². The Morgan fingerprint density at radius 1 is 1.15 bits per heavy atom. The molecule has 0 aliphatic carbocycles. The number of anilines is 1. The zero-order chi connectivity index (χ0) is 29.2. The molecule has 3 aromatic rings. The highest BCUT2D eigenvalue weighted by molar-refractivity contribution is 7.14. The van der Waals surface area contributed by atoms with Gasteiger partial charge in [-0.1, -0.05) is 74.4 Å². The van der Waals surface area contributed by atoms with Crippen LogP contribution in [0.2, 0.25) is 10.0 Å². The van der Waals surface area contributed by atoms with Crippen LogP contribution in [0.4, 0.5) is 9.52 Å². The van der Waals surface area contributed by atoms with Crippen LogP contribution in [0.25, 0.3) is 17.3 Å². The summed E-state index contributed by atoms with van der Waals surface area (Å²) in [5.41, 5.74) is 1.69. The molecule has 0 saturated heterocycles. The van der Waals surface area contributed by atoms with E-state index in [1.54, 1.807) is 23.6 Å². The highest BCUT2D eigenvalue weighted by atomic mass is 35.5. The summed E-state index contributed by atoms with van der Waals surface area (Å²) in [4.78, 5) is 28.4. The maximum atomic E-state index is 15.5. The van der Waals surface area contributed by atoms with Gasteiger partial charge in [-0.15, -0.1) is 11.3 Å². The number of unbranched alkanes of at least 4 members (excludes halogenated alkanes) is 5. The zero-order valence-electron chi connectivity index (χ0n) is 22.7. The van der Waals surface area contributed by atoms with Gasteiger partial charge in [-0.3, -0.25) is 10.1 Å². The maximum absolute atomic E-state index is 15.5. The highest BCUT2D eigenvalue weighted by Crippen LogP contribution is 2.33. The zero-order valence-corrected chi connectivity index (χ0v) is 25.1. The van der Waals surface area contributed by atoms with Crippen LogP contribution in [0.5, 0.6) is 0 Å². The van der Waals surface area contributed by atoms with Crippen molar-refractivity contribution in [2.45, 2.75) is 65.4 Å². The monoisotopic (exact) mass is 606 g/mol. The van der Waals surface area contributed by atoms with E-state index >= 15 is 4.39 Å². The number of thiazole rings is 1. The lowest BCUT2D eigenvalue weighted by Crippen LogP contribution is -2.12. The third-order valence-corrected chi connectivity index (χ3v) is 7.76. The van der Waals surface area contributed by atoms with Crippen LogP contribution < -0.4 is 5.32 Å². The maximum Gasteiger partial charge on any atom is 0.331 e. The molecule has 1 unspecified atom stereocenters. The molecule has 1 heterocycles. The van der Waals surface area contributed by atoms with E-state index in [0.29, 0.717) is 29.0 Å². The first kappa shape index (κ1) is 31.7. The number of aromatic nitrogens is 1. The Morgan fingerprint density at radius 3 is 2.50 bits per heavy atom. The molecule has 0 saturated carbocycles. The fourth-order valence-corrected chi connectivity index (χ4v) is 5.35. The molecule has 1 atom stereocenters. The standard InChI is InChI=1S/C30H33Cl2FN2O4S/c1-4-5-6-7-8-9-13-39-19(3)21-11-10-12-22(27(21)33)26-17-40-30(34-26)35-28(36)20-15-24(31)23(25(32)16-20)14-18(2)29(37)38/h10-12,14-17,19H,4-9,13H2,1-3H3,(H,37,38)(H,34,35,36)/b18-14+. The summed E-state index contributed by atoms with van der Waals surface area (Å²) in [5, 5.41) is 14.0. The third kappa shape index (κ3) is 8.61. The molecule has 0 radical (unpaired) electrons. The van der Waals surface area contributed by atoms with Gasteiger partial charge in [-0.05, 0) is 44.5 Å². The van der Waals surface area contributed by atoms with Gasteiger partial charge in [0.1, 0.15) is 5.82 Å². The number of halogens is 3. The molecule has 2 aromatic carbocycles. The second-order valence-corrected chi connectivity index (χ2v) is 11.1. The van der Waals surface area contributed by atoms with Gasteiger partial charge in [0.25, 0.3) is 5.91 Å². The van der Waals surface area contributed by atoms with Gasteiger partial charge < -0.3 is 9.84 Å². The van der Waals surface area contributed by atoms with Gasteiger partial charge in [-0.25, -0.2) is 14.2 Å². The van der Waals surface area contributed by atoms with Crippen molar-refractivity contribution >= 4 is 57.6 Å². The van der Waals surface area contributed by atoms with E-state index in [2.05, 4.69) is 17.2 Å². The number of ether oxygens (including phenoxy) is 1. The first-order chi connectivity index (χ1) is 19.1. The number of carboxylic acids is 1. The topological polar surface area (TPSA) is 88.5 Å². The second kappa shape index (κ2) is 15.3. The molecule has 6 nitrogen and oxygen atoms in total. The summed E-state index contributed by atoms with van der Waals surface area (Å²) in [6.07, 6.45) is 7.87. The lowest BCUT2D eigenvalue weighted by atomic mass is 10.0. The summed E-state index contributed by atoms with van der Waals surface area (Å²) in [6.45, 7) is 6.02. The first-order valence-corrected chi connectivity index (χ1v) is 14.8. The predicted octanol–water partition coefficient (Wildman–Crippen LogP) is 9.43. The number of rotatable bonds is 14. The number of aliphatic carboxylic acids is 1. The largest absolute Gasteiger partial charge is 0.478 e. The molecule has 10 heteroatoms. The minimum Gasteiger partial charge on any atom is -0.478 e. The molecule has 0 bridgehead atoms. The molecule has 214 valence electrons. The number of hydrogen-bond acceptors (Lipinski definition) is 5. The lowest BCUT2D eigenvalue weighted by Gasteiger charge is -2.15. The van der Waals surface area contributed by atoms with Gasteiger partial charge in [0.2, 0.25) is 0 Å². The summed E-state index contributed by atoms with van der Waals surface area (Å²) >= 11 is 13.7. The molecule has 0 aliphatic rings. The van der Waals surface area contributed by atoms with E-state index in [0.717, 1.165) is 24.2 Å². The van der Waals surface area contributed by atoms with Crippen molar-refractivity contribution < 1.29 is 23.8 Å². The van der Waals surface area contributed by atoms with E-state index in [9.17, 15) is 9.59 Å². The van der Waals surface area contributed by atoms with E-state index in [4.69, 9.17) is 33.0 Å². The summed E-state index contributed by atoms with van der Waals surface area (Å²) in [6, 6.07) is 7.92. The Labute approximate surface area is 248 Å². The molecule has 0 aliphatic heterocycles. The Balaban J connectivity index is 1.67. The number of carbonyl (C=O) groups is 2. The number of nitrogens with zero attached hydrogens (tertiary/aromatic N) is 1. The first-order valence-electron chi connectivity index (χ1n) is 13.2. The predicted molar refractivity (Wildman–Crippen MR) is 161 cm³/mol. The molecular formula is C30H33Cl2FN2O4S. The smallest absolute Gasteiger partial charge is 0.331 e. The number of benzene rings is 2. The number of amides is 1. The van der Waals surface area contributed by atoms with Crippen molar-refractivity contribution in [1.82, 2.24) is 4.98 Å². The van der Waals surface area contributed by atoms with E-state index < -0.39 is 23.8 Å². The minimum atomic E-state index is -1.11. The fourth-order valence-electron chi connectivity index (χ4n) is 4.05. The van der Waals surface area contributed by atoms with E-state index in [1.165, 1.54) is 50.8 Å². The van der Waals surface area contributed by atoms with Crippen LogP contribution >= 0.6 is 34.5 Å².